The van der Waals surface area contributed by atoms with E-state index in [1.807, 2.05) is 6.20 Å². The maximum Gasteiger partial charge on any atom is 0.225 e. The Morgan fingerprint density at radius 3 is 2.60 bits per heavy atom. The summed E-state index contributed by atoms with van der Waals surface area (Å²) in [5.74, 6) is 2.48. The molecule has 4 nitrogen and oxygen atoms in total. The summed E-state index contributed by atoms with van der Waals surface area (Å²) < 4.78 is 13.8. The molecule has 2 heterocycles. The van der Waals surface area contributed by atoms with E-state index in [0.717, 1.165) is 36.6 Å². The van der Waals surface area contributed by atoms with E-state index in [4.69, 9.17) is 11.6 Å². The van der Waals surface area contributed by atoms with Gasteiger partial charge in [0.2, 0.25) is 5.91 Å². The van der Waals surface area contributed by atoms with Gasteiger partial charge < -0.3 is 5.32 Å². The molecule has 2 fully saturated rings. The van der Waals surface area contributed by atoms with Crippen molar-refractivity contribution in [1.82, 2.24) is 9.97 Å². The van der Waals surface area contributed by atoms with Gasteiger partial charge in [0.1, 0.15) is 11.6 Å². The summed E-state index contributed by atoms with van der Waals surface area (Å²) in [4.78, 5) is 20.9. The largest absolute Gasteiger partial charge is 0.311 e. The van der Waals surface area contributed by atoms with Gasteiger partial charge in [-0.2, -0.15) is 0 Å². The Morgan fingerprint density at radius 2 is 1.87 bits per heavy atom. The second-order valence-corrected chi connectivity index (χ2v) is 9.14. The summed E-state index contributed by atoms with van der Waals surface area (Å²) in [6.07, 6.45) is 8.28. The molecule has 0 radical (unpaired) electrons. The van der Waals surface area contributed by atoms with Crippen LogP contribution in [-0.4, -0.2) is 15.9 Å². The minimum absolute atomic E-state index is 0.0157. The molecule has 1 aromatic carbocycles. The number of nitrogens with one attached hydrogen (secondary N) is 1. The van der Waals surface area contributed by atoms with Crippen LogP contribution in [-0.2, 0) is 4.79 Å². The Labute approximate surface area is 179 Å². The standard InChI is InChI=1S/C24H23ClFN3O/c25-18-1-4-23(28-13-18)29-24(30)9-14-7-15-10-17(11-16(15)8-14)20-5-6-27-22-3-2-19(26)12-21(20)22/h1-6,12-17H,7-11H2,(H,28,29,30)/t14-,15+,16-,17?. The zero-order chi connectivity index (χ0) is 20.7. The van der Waals surface area contributed by atoms with Gasteiger partial charge in [-0.3, -0.25) is 9.78 Å². The molecule has 5 rings (SSSR count). The first-order valence-electron chi connectivity index (χ1n) is 10.5. The first-order valence-corrected chi connectivity index (χ1v) is 10.9. The van der Waals surface area contributed by atoms with Gasteiger partial charge in [0.05, 0.1) is 10.5 Å². The lowest BCUT2D eigenvalue weighted by Gasteiger charge is -2.17. The summed E-state index contributed by atoms with van der Waals surface area (Å²) in [5, 5.41) is 4.36. The number of aromatic nitrogens is 2. The van der Waals surface area contributed by atoms with Crippen LogP contribution in [0.1, 0.15) is 43.6 Å². The average Bonchev–Trinajstić information content (AvgIpc) is 3.27. The van der Waals surface area contributed by atoms with Crippen molar-refractivity contribution in [2.45, 2.75) is 38.0 Å². The molecule has 3 aromatic rings. The SMILES string of the molecule is O=C(C[C@@H]1C[C@H]2CC(c3ccnc4ccc(F)cc34)C[C@H]2C1)Nc1ccc(Cl)cn1. The number of carbonyl (C=O) groups is 1. The highest BCUT2D eigenvalue weighted by molar-refractivity contribution is 6.30. The van der Waals surface area contributed by atoms with Crippen molar-refractivity contribution in [2.24, 2.45) is 17.8 Å². The fraction of sp³-hybridized carbons (Fsp3) is 0.375. The van der Waals surface area contributed by atoms with E-state index in [-0.39, 0.29) is 11.7 Å². The molecule has 1 unspecified atom stereocenters. The molecule has 30 heavy (non-hydrogen) atoms. The summed E-state index contributed by atoms with van der Waals surface area (Å²) in [6, 6.07) is 10.3. The Hall–Kier alpha value is -2.53. The Morgan fingerprint density at radius 1 is 1.07 bits per heavy atom. The summed E-state index contributed by atoms with van der Waals surface area (Å²) in [5.41, 5.74) is 2.08. The van der Waals surface area contributed by atoms with Crippen LogP contribution in [0.25, 0.3) is 10.9 Å². The Bertz CT molecular complexity index is 1070. The summed E-state index contributed by atoms with van der Waals surface area (Å²) >= 11 is 5.84. The van der Waals surface area contributed by atoms with E-state index in [2.05, 4.69) is 21.4 Å². The van der Waals surface area contributed by atoms with Gasteiger partial charge in [-0.25, -0.2) is 9.37 Å². The number of carbonyl (C=O) groups excluding carboxylic acids is 1. The molecule has 0 spiro atoms. The number of hydrogen-bond donors (Lipinski definition) is 1. The minimum Gasteiger partial charge on any atom is -0.311 e. The van der Waals surface area contributed by atoms with Crippen molar-refractivity contribution in [3.05, 3.63) is 65.2 Å². The Balaban J connectivity index is 1.21. The third kappa shape index (κ3) is 3.91. The van der Waals surface area contributed by atoms with Gasteiger partial charge in [-0.05, 0) is 91.3 Å². The molecular weight excluding hydrogens is 401 g/mol. The van der Waals surface area contributed by atoms with Crippen molar-refractivity contribution >= 4 is 34.2 Å². The van der Waals surface area contributed by atoms with Gasteiger partial charge in [0, 0.05) is 24.2 Å². The van der Waals surface area contributed by atoms with E-state index < -0.39 is 0 Å². The van der Waals surface area contributed by atoms with E-state index in [1.165, 1.54) is 17.8 Å². The molecule has 0 saturated heterocycles. The maximum absolute atomic E-state index is 13.8. The smallest absolute Gasteiger partial charge is 0.225 e. The van der Waals surface area contributed by atoms with Crippen molar-refractivity contribution < 1.29 is 9.18 Å². The molecule has 0 aliphatic heterocycles. The van der Waals surface area contributed by atoms with E-state index >= 15 is 0 Å². The van der Waals surface area contributed by atoms with Crippen molar-refractivity contribution in [3.63, 3.8) is 0 Å². The number of fused-ring (bicyclic) bond motifs is 2. The van der Waals surface area contributed by atoms with Crippen LogP contribution in [0, 0.1) is 23.6 Å². The number of anilines is 1. The van der Waals surface area contributed by atoms with Crippen LogP contribution in [0.15, 0.2) is 48.8 Å². The first-order chi connectivity index (χ1) is 14.5. The number of rotatable bonds is 4. The predicted octanol–water partition coefficient (Wildman–Crippen LogP) is 5.97. The number of pyridine rings is 2. The lowest BCUT2D eigenvalue weighted by atomic mass is 9.89. The molecule has 2 aliphatic carbocycles. The van der Waals surface area contributed by atoms with Gasteiger partial charge in [-0.15, -0.1) is 0 Å². The molecule has 2 aliphatic rings. The monoisotopic (exact) mass is 423 g/mol. The first kappa shape index (κ1) is 19.4. The fourth-order valence-electron chi connectivity index (χ4n) is 5.56. The molecule has 2 aromatic heterocycles. The molecule has 4 atom stereocenters. The molecule has 0 bridgehead atoms. The predicted molar refractivity (Wildman–Crippen MR) is 116 cm³/mol. The van der Waals surface area contributed by atoms with Crippen molar-refractivity contribution in [3.8, 4) is 0 Å². The van der Waals surface area contributed by atoms with Crippen LogP contribution >= 0.6 is 11.6 Å². The van der Waals surface area contributed by atoms with Gasteiger partial charge in [-0.1, -0.05) is 11.6 Å². The molecule has 6 heteroatoms. The number of benzene rings is 1. The quantitative estimate of drug-likeness (QED) is 0.562. The van der Waals surface area contributed by atoms with Crippen molar-refractivity contribution in [2.75, 3.05) is 5.32 Å². The summed E-state index contributed by atoms with van der Waals surface area (Å²) in [7, 11) is 0. The van der Waals surface area contributed by atoms with Crippen LogP contribution in [0.4, 0.5) is 10.2 Å². The number of nitrogens with zero attached hydrogens (tertiary/aromatic N) is 2. The maximum atomic E-state index is 13.8. The molecular formula is C24H23ClFN3O. The molecule has 2 saturated carbocycles. The average molecular weight is 424 g/mol. The topological polar surface area (TPSA) is 54.9 Å². The highest BCUT2D eigenvalue weighted by Crippen LogP contribution is 2.53. The van der Waals surface area contributed by atoms with Crippen molar-refractivity contribution in [1.29, 1.82) is 0 Å². The van der Waals surface area contributed by atoms with Gasteiger partial charge in [0.25, 0.3) is 0 Å². The van der Waals surface area contributed by atoms with Gasteiger partial charge in [0.15, 0.2) is 0 Å². The van der Waals surface area contributed by atoms with Crippen LogP contribution in [0.2, 0.25) is 5.02 Å². The highest BCUT2D eigenvalue weighted by atomic mass is 35.5. The number of halogens is 2. The minimum atomic E-state index is -0.212. The lowest BCUT2D eigenvalue weighted by Crippen LogP contribution is -2.16. The van der Waals surface area contributed by atoms with Crippen LogP contribution < -0.4 is 5.32 Å². The Kier molecular flexibility index (Phi) is 5.15. The summed E-state index contributed by atoms with van der Waals surface area (Å²) in [6.45, 7) is 0. The fourth-order valence-corrected chi connectivity index (χ4v) is 5.68. The molecule has 154 valence electrons. The zero-order valence-electron chi connectivity index (χ0n) is 16.5. The van der Waals surface area contributed by atoms with Crippen LogP contribution in [0.5, 0.6) is 0 Å². The second-order valence-electron chi connectivity index (χ2n) is 8.70. The second kappa shape index (κ2) is 7.95. The molecule has 1 amide bonds. The lowest BCUT2D eigenvalue weighted by molar-refractivity contribution is -0.117. The normalized spacial score (nSPS) is 25.4. The molecule has 1 N–H and O–H groups in total. The van der Waals surface area contributed by atoms with E-state index in [9.17, 15) is 9.18 Å². The van der Waals surface area contributed by atoms with Crippen LogP contribution in [0.3, 0.4) is 0 Å². The van der Waals surface area contributed by atoms with Gasteiger partial charge >= 0.3 is 0 Å². The van der Waals surface area contributed by atoms with E-state index in [0.29, 0.717) is 40.9 Å². The number of hydrogen-bond acceptors (Lipinski definition) is 3. The zero-order valence-corrected chi connectivity index (χ0v) is 17.3. The third-order valence-electron chi connectivity index (χ3n) is 6.76. The number of amides is 1. The third-order valence-corrected chi connectivity index (χ3v) is 6.98. The highest BCUT2D eigenvalue weighted by Gasteiger charge is 2.42. The van der Waals surface area contributed by atoms with E-state index in [1.54, 1.807) is 24.3 Å².